The van der Waals surface area contributed by atoms with Crippen molar-refractivity contribution in [1.29, 1.82) is 0 Å². The Morgan fingerprint density at radius 3 is 2.25 bits per heavy atom. The van der Waals surface area contributed by atoms with Crippen LogP contribution in [0.15, 0.2) is 70.4 Å². The number of halogens is 1. The number of likely N-dealkylation sites (tertiary alicyclic amines) is 2. The van der Waals surface area contributed by atoms with Gasteiger partial charge in [0.2, 0.25) is 5.91 Å². The molecular formula is C56H71FN6O12. The van der Waals surface area contributed by atoms with Crippen molar-refractivity contribution < 1.29 is 62.9 Å². The van der Waals surface area contributed by atoms with E-state index in [0.717, 1.165) is 6.54 Å². The third kappa shape index (κ3) is 10.9. The van der Waals surface area contributed by atoms with Gasteiger partial charge in [-0.25, -0.2) is 4.39 Å². The van der Waals surface area contributed by atoms with Crippen molar-refractivity contribution in [3.05, 3.63) is 88.1 Å². The summed E-state index contributed by atoms with van der Waals surface area (Å²) in [6.45, 7) is 18.5. The molecule has 9 rings (SSSR count). The minimum atomic E-state index is -2.04. The van der Waals surface area contributed by atoms with Gasteiger partial charge in [0.25, 0.3) is 11.7 Å². The van der Waals surface area contributed by atoms with E-state index in [0.29, 0.717) is 50.6 Å². The molecular weight excluding hydrogens is 968 g/mol. The van der Waals surface area contributed by atoms with Crippen molar-refractivity contribution >= 4 is 45.7 Å². The van der Waals surface area contributed by atoms with Gasteiger partial charge in [0, 0.05) is 105 Å². The summed E-state index contributed by atoms with van der Waals surface area (Å²) in [6.07, 6.45) is 3.55. The highest BCUT2D eigenvalue weighted by molar-refractivity contribution is 6.19. The molecule has 5 bridgehead atoms. The van der Waals surface area contributed by atoms with Crippen LogP contribution in [0.4, 0.5) is 15.8 Å². The van der Waals surface area contributed by atoms with Crippen LogP contribution in [0.2, 0.25) is 0 Å². The standard InChI is InChI=1S/C56H71FN6O12/c1-28(2)25-62-21-19-56(20-22-62)60-44-41-42-49(68)34(8)52-43(41)53(70)55(9,75-52)73-23-18-38(72-10)31(5)51(74-40(65)24-39(64)63-26-37(27-63)58-36-16-14-35(57)15-17-36)33(7)48(67)32(6)47(66)29(3)12-11-13-30(4)54(71)59-46(50(42)69)45(44)61-56/h11-18,23,28-29,31-33,37-38,47-48,51,58,66-69H,19-22,24-27H2,1-10H3,(H,59,71)/b12-11+,23-18+,30-13-/t29-,31+,32+,33+,38-,47-,48+,51+,55-/m0/s1. The van der Waals surface area contributed by atoms with Gasteiger partial charge < -0.3 is 59.8 Å². The van der Waals surface area contributed by atoms with E-state index in [2.05, 4.69) is 29.4 Å². The SMILES string of the molecule is CO[C@H]1/C=C/O[C@@]2(C)Oc3c(C)c(O)c4c(O)c(c5c(c4c3C2=O)=NC2(CCN(CC(C)C)CC2)N=5)NC(=O)/C(C)=C\C=C\[C@H](C)[C@H](O)[C@@H](C)[C@@H](O)[C@@H](C)[C@H](OC(=O)CC(=O)N2CC(Nc3ccc(F)cc3)C2)[C@@H]1C. The summed E-state index contributed by atoms with van der Waals surface area (Å²) in [4.78, 5) is 70.3. The summed E-state index contributed by atoms with van der Waals surface area (Å²) < 4.78 is 38.0. The predicted molar refractivity (Wildman–Crippen MR) is 277 cm³/mol. The number of hydrogen-bond donors (Lipinski definition) is 6. The Morgan fingerprint density at radius 1 is 0.933 bits per heavy atom. The summed E-state index contributed by atoms with van der Waals surface area (Å²) >= 11 is 0. The van der Waals surface area contributed by atoms with Gasteiger partial charge in [-0.3, -0.25) is 29.2 Å². The number of aliphatic hydroxyl groups excluding tert-OH is 2. The lowest BCUT2D eigenvalue weighted by Gasteiger charge is -2.40. The van der Waals surface area contributed by atoms with Crippen molar-refractivity contribution in [2.45, 2.75) is 123 Å². The number of carbonyl (C=O) groups excluding carboxylic acids is 4. The van der Waals surface area contributed by atoms with Crippen LogP contribution < -0.4 is 26.1 Å². The molecule has 18 nitrogen and oxygen atoms in total. The number of rotatable bonds is 8. The fourth-order valence-electron chi connectivity index (χ4n) is 11.0. The van der Waals surface area contributed by atoms with Crippen LogP contribution in [0, 0.1) is 42.3 Å². The molecule has 19 heteroatoms. The van der Waals surface area contributed by atoms with Gasteiger partial charge in [-0.15, -0.1) is 0 Å². The van der Waals surface area contributed by atoms with Crippen LogP contribution in [0.25, 0.3) is 10.8 Å². The molecule has 9 atom stereocenters. The van der Waals surface area contributed by atoms with Crippen molar-refractivity contribution in [2.24, 2.45) is 39.6 Å². The topological polar surface area (TPSA) is 241 Å². The molecule has 1 spiro atoms. The van der Waals surface area contributed by atoms with Crippen molar-refractivity contribution in [3.8, 4) is 17.2 Å². The number of phenolic OH excluding ortho intramolecular Hbond substituents is 2. The van der Waals surface area contributed by atoms with Crippen LogP contribution >= 0.6 is 0 Å². The fraction of sp³-hybridized carbons (Fsp3) is 0.536. The Balaban J connectivity index is 1.14. The van der Waals surface area contributed by atoms with Crippen LogP contribution in [-0.2, 0) is 28.6 Å². The summed E-state index contributed by atoms with van der Waals surface area (Å²) in [5, 5.41) is 54.2. The molecule has 0 radical (unpaired) electrons. The Bertz CT molecular complexity index is 2950. The first-order valence-corrected chi connectivity index (χ1v) is 25.9. The zero-order valence-electron chi connectivity index (χ0n) is 44.3. The van der Waals surface area contributed by atoms with E-state index >= 15 is 0 Å². The number of ether oxygens (including phenoxy) is 4. The number of Topliss-reactive ketones (excluding diaryl/α,β-unsaturated/α-hetero) is 1. The normalized spacial score (nSPS) is 29.8. The molecule has 2 saturated heterocycles. The maximum atomic E-state index is 14.9. The fourth-order valence-corrected chi connectivity index (χ4v) is 11.0. The molecule has 0 aliphatic carbocycles. The smallest absolute Gasteiger partial charge is 0.315 e. The van der Waals surface area contributed by atoms with Gasteiger partial charge in [-0.1, -0.05) is 59.8 Å². The van der Waals surface area contributed by atoms with Gasteiger partial charge in [0.1, 0.15) is 40.9 Å². The first-order chi connectivity index (χ1) is 35.5. The van der Waals surface area contributed by atoms with Gasteiger partial charge in [0.15, 0.2) is 11.4 Å². The number of amides is 2. The molecule has 6 N–H and O–H groups in total. The van der Waals surface area contributed by atoms with Gasteiger partial charge in [-0.05, 0) is 50.1 Å². The van der Waals surface area contributed by atoms with Crippen molar-refractivity contribution in [1.82, 2.24) is 9.80 Å². The largest absolute Gasteiger partial charge is 0.507 e. The van der Waals surface area contributed by atoms with Crippen LogP contribution in [0.1, 0.15) is 90.6 Å². The van der Waals surface area contributed by atoms with Crippen molar-refractivity contribution in [2.75, 3.05) is 50.5 Å². The van der Waals surface area contributed by atoms with E-state index in [-0.39, 0.29) is 61.5 Å². The molecule has 6 aliphatic heterocycles. The Labute approximate surface area is 436 Å². The van der Waals surface area contributed by atoms with Crippen LogP contribution in [0.3, 0.4) is 0 Å². The number of nitrogens with zero attached hydrogens (tertiary/aromatic N) is 4. The number of benzene rings is 3. The molecule has 75 heavy (non-hydrogen) atoms. The number of phenols is 2. The highest BCUT2D eigenvalue weighted by Crippen LogP contribution is 2.50. The minimum Gasteiger partial charge on any atom is -0.507 e. The number of anilines is 2. The van der Waals surface area contributed by atoms with Crippen molar-refractivity contribution in [3.63, 3.8) is 0 Å². The van der Waals surface area contributed by atoms with E-state index in [1.54, 1.807) is 58.9 Å². The van der Waals surface area contributed by atoms with E-state index in [9.17, 15) is 44.0 Å². The second-order valence-corrected chi connectivity index (χ2v) is 21.7. The number of methoxy groups -OCH3 is 1. The Kier molecular flexibility index (Phi) is 15.8. The number of piperidine rings is 1. The summed E-state index contributed by atoms with van der Waals surface area (Å²) in [5.74, 6) is -8.44. The van der Waals surface area contributed by atoms with Crippen LogP contribution in [-0.4, -0.2) is 136 Å². The summed E-state index contributed by atoms with van der Waals surface area (Å²) in [6, 6.07) is 5.75. The second-order valence-electron chi connectivity index (χ2n) is 21.7. The van der Waals surface area contributed by atoms with E-state index in [4.69, 9.17) is 28.9 Å². The maximum absolute atomic E-state index is 14.9. The maximum Gasteiger partial charge on any atom is 0.315 e. The third-order valence-corrected chi connectivity index (χ3v) is 15.6. The minimum absolute atomic E-state index is 0.00250. The number of nitrogens with one attached hydrogen (secondary N) is 2. The molecule has 404 valence electrons. The zero-order chi connectivity index (χ0) is 54.4. The van der Waals surface area contributed by atoms with E-state index in [1.807, 2.05) is 0 Å². The van der Waals surface area contributed by atoms with Gasteiger partial charge in [0.05, 0.1) is 46.9 Å². The van der Waals surface area contributed by atoms with Crippen LogP contribution in [0.5, 0.6) is 17.2 Å². The third-order valence-electron chi connectivity index (χ3n) is 15.6. The Hall–Kier alpha value is -6.41. The molecule has 0 saturated carbocycles. The second kappa shape index (κ2) is 21.7. The highest BCUT2D eigenvalue weighted by Gasteiger charge is 2.50. The number of ketones is 1. The molecule has 2 fully saturated rings. The number of aromatic hydroxyl groups is 2. The molecule has 6 aliphatic rings. The predicted octanol–water partition coefficient (Wildman–Crippen LogP) is 5.58. The number of hydrogen-bond acceptors (Lipinski definition) is 16. The lowest BCUT2D eigenvalue weighted by molar-refractivity contribution is -0.166. The van der Waals surface area contributed by atoms with Gasteiger partial charge >= 0.3 is 11.8 Å². The van der Waals surface area contributed by atoms with Gasteiger partial charge in [-0.2, -0.15) is 0 Å². The number of aliphatic hydroxyl groups is 2. The molecule has 3 aromatic carbocycles. The first kappa shape index (κ1) is 54.8. The number of fused-ring (bicyclic) bond motifs is 13. The molecule has 6 heterocycles. The van der Waals surface area contributed by atoms with E-state index in [1.165, 1.54) is 56.4 Å². The number of carbonyl (C=O) groups is 4. The molecule has 0 unspecified atom stereocenters. The molecule has 2 amide bonds. The summed E-state index contributed by atoms with van der Waals surface area (Å²) in [5.41, 5.74) is -0.0656. The Morgan fingerprint density at radius 2 is 1.60 bits per heavy atom. The number of esters is 1. The van der Waals surface area contributed by atoms with E-state index < -0.39 is 101 Å². The lowest BCUT2D eigenvalue weighted by atomic mass is 9.78. The first-order valence-electron chi connectivity index (χ1n) is 25.9. The monoisotopic (exact) mass is 1040 g/mol. The highest BCUT2D eigenvalue weighted by atomic mass is 19.1. The number of allylic oxidation sites excluding steroid dienone is 2. The quantitative estimate of drug-likeness (QED) is 0.0918. The lowest BCUT2D eigenvalue weighted by Crippen LogP contribution is -2.57. The zero-order valence-corrected chi connectivity index (χ0v) is 44.3. The average Bonchev–Trinajstić information content (AvgIpc) is 3.86. The molecule has 0 aromatic heterocycles. The average molecular weight is 1040 g/mol. The summed E-state index contributed by atoms with van der Waals surface area (Å²) in [7, 11) is 1.42. The molecule has 3 aromatic rings.